The monoisotopic (exact) mass is 280 g/mol. The lowest BCUT2D eigenvalue weighted by Crippen LogP contribution is -2.47. The van der Waals surface area contributed by atoms with Crippen LogP contribution >= 0.6 is 0 Å². The molecule has 1 N–H and O–H groups in total. The Morgan fingerprint density at radius 1 is 1.30 bits per heavy atom. The SMILES string of the molecule is CCn1ccc(=O)n(CCC(=O)N2CCNCC2)c1=O. The first kappa shape index (κ1) is 14.5. The van der Waals surface area contributed by atoms with Crippen LogP contribution in [0.5, 0.6) is 0 Å². The summed E-state index contributed by atoms with van der Waals surface area (Å²) in [4.78, 5) is 37.5. The maximum absolute atomic E-state index is 12.0. The first-order valence-electron chi connectivity index (χ1n) is 6.92. The summed E-state index contributed by atoms with van der Waals surface area (Å²) in [5.74, 6) is -0.00954. The summed E-state index contributed by atoms with van der Waals surface area (Å²) in [5, 5.41) is 3.17. The molecule has 0 aliphatic carbocycles. The number of aryl methyl sites for hydroxylation is 1. The summed E-state index contributed by atoms with van der Waals surface area (Å²) in [7, 11) is 0. The molecule has 0 aromatic carbocycles. The average molecular weight is 280 g/mol. The van der Waals surface area contributed by atoms with Crippen LogP contribution in [0.25, 0.3) is 0 Å². The molecule has 0 atom stereocenters. The van der Waals surface area contributed by atoms with Gasteiger partial charge >= 0.3 is 5.69 Å². The van der Waals surface area contributed by atoms with Crippen LogP contribution in [0, 0.1) is 0 Å². The van der Waals surface area contributed by atoms with Crippen molar-refractivity contribution in [2.24, 2.45) is 0 Å². The number of nitrogens with one attached hydrogen (secondary N) is 1. The van der Waals surface area contributed by atoms with Gasteiger partial charge in [-0.2, -0.15) is 0 Å². The van der Waals surface area contributed by atoms with Crippen LogP contribution in [0.15, 0.2) is 21.9 Å². The Kier molecular flexibility index (Phi) is 4.73. The molecular weight excluding hydrogens is 260 g/mol. The fourth-order valence-corrected chi connectivity index (χ4v) is 2.28. The minimum Gasteiger partial charge on any atom is -0.340 e. The molecule has 0 radical (unpaired) electrons. The molecule has 2 rings (SSSR count). The number of carbonyl (C=O) groups is 1. The molecule has 1 aliphatic heterocycles. The van der Waals surface area contributed by atoms with Crippen LogP contribution in [-0.4, -0.2) is 46.1 Å². The zero-order valence-corrected chi connectivity index (χ0v) is 11.7. The van der Waals surface area contributed by atoms with Crippen molar-refractivity contribution in [3.63, 3.8) is 0 Å². The van der Waals surface area contributed by atoms with Crippen LogP contribution in [0.4, 0.5) is 0 Å². The normalized spacial score (nSPS) is 15.3. The average Bonchev–Trinajstić information content (AvgIpc) is 2.48. The Hall–Kier alpha value is -1.89. The summed E-state index contributed by atoms with van der Waals surface area (Å²) in [6, 6.07) is 1.36. The molecule has 1 aliphatic rings. The van der Waals surface area contributed by atoms with Gasteiger partial charge in [0.15, 0.2) is 0 Å². The highest BCUT2D eigenvalue weighted by molar-refractivity contribution is 5.76. The van der Waals surface area contributed by atoms with Gasteiger partial charge < -0.3 is 14.8 Å². The molecule has 1 aromatic rings. The summed E-state index contributed by atoms with van der Waals surface area (Å²) in [6.45, 7) is 5.43. The van der Waals surface area contributed by atoms with Gasteiger partial charge in [0.05, 0.1) is 0 Å². The van der Waals surface area contributed by atoms with Gasteiger partial charge in [-0.3, -0.25) is 14.2 Å². The zero-order chi connectivity index (χ0) is 14.5. The molecule has 1 aromatic heterocycles. The lowest BCUT2D eigenvalue weighted by atomic mass is 10.3. The summed E-state index contributed by atoms with van der Waals surface area (Å²) < 4.78 is 2.58. The van der Waals surface area contributed by atoms with E-state index in [1.54, 1.807) is 4.90 Å². The number of hydrogen-bond acceptors (Lipinski definition) is 4. The summed E-state index contributed by atoms with van der Waals surface area (Å²) in [6.07, 6.45) is 1.67. The van der Waals surface area contributed by atoms with E-state index in [0.717, 1.165) is 17.7 Å². The van der Waals surface area contributed by atoms with E-state index < -0.39 is 0 Å². The molecule has 7 heteroatoms. The van der Waals surface area contributed by atoms with Crippen molar-refractivity contribution in [2.75, 3.05) is 26.2 Å². The second kappa shape index (κ2) is 6.51. The molecule has 1 saturated heterocycles. The van der Waals surface area contributed by atoms with Crippen LogP contribution in [0.1, 0.15) is 13.3 Å². The second-order valence-corrected chi connectivity index (χ2v) is 4.75. The fourth-order valence-electron chi connectivity index (χ4n) is 2.28. The molecule has 20 heavy (non-hydrogen) atoms. The van der Waals surface area contributed by atoms with E-state index in [-0.39, 0.29) is 30.1 Å². The molecule has 0 saturated carbocycles. The second-order valence-electron chi connectivity index (χ2n) is 4.75. The number of rotatable bonds is 4. The van der Waals surface area contributed by atoms with E-state index >= 15 is 0 Å². The molecule has 1 fully saturated rings. The van der Waals surface area contributed by atoms with Crippen LogP contribution in [-0.2, 0) is 17.9 Å². The molecule has 1 amide bonds. The van der Waals surface area contributed by atoms with Gasteiger partial charge in [0.1, 0.15) is 0 Å². The van der Waals surface area contributed by atoms with Crippen molar-refractivity contribution in [1.82, 2.24) is 19.4 Å². The highest BCUT2D eigenvalue weighted by Gasteiger charge is 2.16. The van der Waals surface area contributed by atoms with Crippen LogP contribution < -0.4 is 16.6 Å². The molecule has 110 valence electrons. The number of hydrogen-bond donors (Lipinski definition) is 1. The van der Waals surface area contributed by atoms with Crippen molar-refractivity contribution < 1.29 is 4.79 Å². The Bertz CT molecular complexity index is 584. The third kappa shape index (κ3) is 3.16. The van der Waals surface area contributed by atoms with E-state index in [1.165, 1.54) is 16.8 Å². The third-order valence-corrected chi connectivity index (χ3v) is 3.50. The van der Waals surface area contributed by atoms with Gasteiger partial charge in [-0.05, 0) is 6.92 Å². The Morgan fingerprint density at radius 3 is 2.65 bits per heavy atom. The number of piperazine rings is 1. The lowest BCUT2D eigenvalue weighted by Gasteiger charge is -2.27. The smallest absolute Gasteiger partial charge is 0.330 e. The molecule has 0 bridgehead atoms. The highest BCUT2D eigenvalue weighted by Crippen LogP contribution is 1.97. The van der Waals surface area contributed by atoms with Gasteiger partial charge in [-0.1, -0.05) is 0 Å². The largest absolute Gasteiger partial charge is 0.340 e. The number of nitrogens with zero attached hydrogens (tertiary/aromatic N) is 3. The van der Waals surface area contributed by atoms with Gasteiger partial charge in [0.25, 0.3) is 5.56 Å². The van der Waals surface area contributed by atoms with Crippen LogP contribution in [0.3, 0.4) is 0 Å². The van der Waals surface area contributed by atoms with Gasteiger partial charge in [0, 0.05) is 58.0 Å². The third-order valence-electron chi connectivity index (χ3n) is 3.50. The lowest BCUT2D eigenvalue weighted by molar-refractivity contribution is -0.132. The predicted molar refractivity (Wildman–Crippen MR) is 74.7 cm³/mol. The number of amides is 1. The first-order valence-corrected chi connectivity index (χ1v) is 6.92. The number of carbonyl (C=O) groups excluding carboxylic acids is 1. The molecule has 2 heterocycles. The van der Waals surface area contributed by atoms with E-state index in [4.69, 9.17) is 0 Å². The van der Waals surface area contributed by atoms with Gasteiger partial charge in [-0.25, -0.2) is 4.79 Å². The summed E-state index contributed by atoms with van der Waals surface area (Å²) in [5.41, 5.74) is -0.707. The van der Waals surface area contributed by atoms with Gasteiger partial charge in [0.2, 0.25) is 5.91 Å². The van der Waals surface area contributed by atoms with Crippen LogP contribution in [0.2, 0.25) is 0 Å². The zero-order valence-electron chi connectivity index (χ0n) is 11.7. The van der Waals surface area contributed by atoms with E-state index in [0.29, 0.717) is 19.6 Å². The maximum atomic E-state index is 12.0. The van der Waals surface area contributed by atoms with Crippen molar-refractivity contribution >= 4 is 5.91 Å². The molecule has 0 unspecified atom stereocenters. The van der Waals surface area contributed by atoms with Crippen molar-refractivity contribution in [1.29, 1.82) is 0 Å². The Labute approximate surface area is 116 Å². The number of aromatic nitrogens is 2. The van der Waals surface area contributed by atoms with E-state index in [1.807, 2.05) is 6.92 Å². The molecular formula is C13H20N4O3. The minimum atomic E-state index is -0.354. The van der Waals surface area contributed by atoms with E-state index in [9.17, 15) is 14.4 Å². The molecule has 7 nitrogen and oxygen atoms in total. The first-order chi connectivity index (χ1) is 9.63. The highest BCUT2D eigenvalue weighted by atomic mass is 16.2. The van der Waals surface area contributed by atoms with Crippen molar-refractivity contribution in [3.8, 4) is 0 Å². The predicted octanol–water partition coefficient (Wildman–Crippen LogP) is -1.15. The quantitative estimate of drug-likeness (QED) is 0.756. The standard InChI is InChI=1S/C13H20N4O3/c1-2-15-7-3-12(19)17(13(15)20)8-4-11(18)16-9-5-14-6-10-16/h3,7,14H,2,4-6,8-10H2,1H3. The molecule has 0 spiro atoms. The van der Waals surface area contributed by atoms with E-state index in [2.05, 4.69) is 5.32 Å². The van der Waals surface area contributed by atoms with Crippen molar-refractivity contribution in [2.45, 2.75) is 26.4 Å². The maximum Gasteiger partial charge on any atom is 0.330 e. The summed E-state index contributed by atoms with van der Waals surface area (Å²) >= 11 is 0. The topological polar surface area (TPSA) is 76.3 Å². The van der Waals surface area contributed by atoms with Crippen molar-refractivity contribution in [3.05, 3.63) is 33.1 Å². The fraction of sp³-hybridized carbons (Fsp3) is 0.615. The van der Waals surface area contributed by atoms with Gasteiger partial charge in [-0.15, -0.1) is 0 Å². The Balaban J connectivity index is 2.05. The minimum absolute atomic E-state index is 0.00954. The Morgan fingerprint density at radius 2 is 2.00 bits per heavy atom.